The van der Waals surface area contributed by atoms with Crippen LogP contribution in [-0.4, -0.2) is 23.7 Å². The van der Waals surface area contributed by atoms with Gasteiger partial charge >= 0.3 is 0 Å². The highest BCUT2D eigenvalue weighted by Crippen LogP contribution is 2.37. The maximum absolute atomic E-state index is 6.27. The van der Waals surface area contributed by atoms with Crippen molar-refractivity contribution in [3.05, 3.63) is 35.9 Å². The number of benzene rings is 1. The SMILES string of the molecule is CC1C(c2ccccc2)OC2CCCCCN21. The normalized spacial score (nSPS) is 34.3. The molecule has 17 heavy (non-hydrogen) atoms. The molecule has 2 saturated heterocycles. The van der Waals surface area contributed by atoms with Gasteiger partial charge in [0.05, 0.1) is 6.10 Å². The lowest BCUT2D eigenvalue weighted by Gasteiger charge is -2.24. The van der Waals surface area contributed by atoms with Gasteiger partial charge in [-0.3, -0.25) is 4.90 Å². The van der Waals surface area contributed by atoms with Gasteiger partial charge in [0.15, 0.2) is 0 Å². The summed E-state index contributed by atoms with van der Waals surface area (Å²) in [7, 11) is 0. The van der Waals surface area contributed by atoms with Crippen molar-refractivity contribution in [1.82, 2.24) is 4.90 Å². The summed E-state index contributed by atoms with van der Waals surface area (Å²) in [6.07, 6.45) is 5.82. The highest BCUT2D eigenvalue weighted by atomic mass is 16.5. The number of hydrogen-bond acceptors (Lipinski definition) is 2. The third-order valence-corrected chi connectivity index (χ3v) is 4.13. The monoisotopic (exact) mass is 231 g/mol. The Hall–Kier alpha value is -0.860. The molecule has 1 aromatic rings. The Morgan fingerprint density at radius 2 is 1.94 bits per heavy atom. The molecule has 3 rings (SSSR count). The third kappa shape index (κ3) is 2.12. The maximum atomic E-state index is 6.27. The molecule has 92 valence electrons. The molecule has 0 spiro atoms. The molecule has 2 heterocycles. The lowest BCUT2D eigenvalue weighted by atomic mass is 10.0. The maximum Gasteiger partial charge on any atom is 0.111 e. The van der Waals surface area contributed by atoms with Gasteiger partial charge in [-0.05, 0) is 31.7 Å². The smallest absolute Gasteiger partial charge is 0.111 e. The number of ether oxygens (including phenoxy) is 1. The standard InChI is InChI=1S/C15H21NO/c1-12-15(13-8-4-2-5-9-13)17-14-10-6-3-7-11-16(12)14/h2,4-5,8-9,12,14-15H,3,6-7,10-11H2,1H3. The molecular weight excluding hydrogens is 210 g/mol. The van der Waals surface area contributed by atoms with Gasteiger partial charge in [-0.2, -0.15) is 0 Å². The molecule has 3 atom stereocenters. The molecule has 0 bridgehead atoms. The molecule has 2 nitrogen and oxygen atoms in total. The van der Waals surface area contributed by atoms with Gasteiger partial charge in [-0.25, -0.2) is 0 Å². The largest absolute Gasteiger partial charge is 0.354 e. The van der Waals surface area contributed by atoms with E-state index >= 15 is 0 Å². The summed E-state index contributed by atoms with van der Waals surface area (Å²) >= 11 is 0. The second kappa shape index (κ2) is 4.79. The van der Waals surface area contributed by atoms with E-state index in [1.165, 1.54) is 37.8 Å². The van der Waals surface area contributed by atoms with Gasteiger partial charge in [0, 0.05) is 12.6 Å². The predicted molar refractivity (Wildman–Crippen MR) is 68.7 cm³/mol. The Kier molecular flexibility index (Phi) is 3.17. The quantitative estimate of drug-likeness (QED) is 0.735. The van der Waals surface area contributed by atoms with E-state index in [1.807, 2.05) is 0 Å². The van der Waals surface area contributed by atoms with Crippen LogP contribution in [0.3, 0.4) is 0 Å². The minimum atomic E-state index is 0.263. The van der Waals surface area contributed by atoms with Crippen LogP contribution in [0.4, 0.5) is 0 Å². The van der Waals surface area contributed by atoms with Crippen molar-refractivity contribution in [1.29, 1.82) is 0 Å². The van der Waals surface area contributed by atoms with Crippen molar-refractivity contribution in [2.75, 3.05) is 6.54 Å². The van der Waals surface area contributed by atoms with E-state index in [9.17, 15) is 0 Å². The first-order valence-corrected chi connectivity index (χ1v) is 6.82. The van der Waals surface area contributed by atoms with Gasteiger partial charge in [-0.15, -0.1) is 0 Å². The van der Waals surface area contributed by atoms with E-state index in [1.54, 1.807) is 0 Å². The zero-order valence-corrected chi connectivity index (χ0v) is 10.5. The summed E-state index contributed by atoms with van der Waals surface area (Å²) in [5.74, 6) is 0. The van der Waals surface area contributed by atoms with Crippen LogP contribution in [0.15, 0.2) is 30.3 Å². The Morgan fingerprint density at radius 1 is 1.12 bits per heavy atom. The second-order valence-electron chi connectivity index (χ2n) is 5.25. The molecule has 0 N–H and O–H groups in total. The van der Waals surface area contributed by atoms with Gasteiger partial charge in [0.25, 0.3) is 0 Å². The second-order valence-corrected chi connectivity index (χ2v) is 5.25. The van der Waals surface area contributed by atoms with E-state index in [2.05, 4.69) is 42.2 Å². The molecule has 2 heteroatoms. The number of hydrogen-bond donors (Lipinski definition) is 0. The molecule has 0 radical (unpaired) electrons. The molecule has 1 aromatic carbocycles. The lowest BCUT2D eigenvalue weighted by Crippen LogP contribution is -2.35. The van der Waals surface area contributed by atoms with Crippen molar-refractivity contribution >= 4 is 0 Å². The summed E-state index contributed by atoms with van der Waals surface area (Å²) in [6, 6.07) is 11.2. The average Bonchev–Trinajstić information content (AvgIpc) is 2.56. The van der Waals surface area contributed by atoms with Crippen LogP contribution in [0.2, 0.25) is 0 Å². The van der Waals surface area contributed by atoms with E-state index in [0.717, 1.165) is 0 Å². The molecular formula is C15H21NO. The first-order valence-electron chi connectivity index (χ1n) is 6.82. The highest BCUT2D eigenvalue weighted by Gasteiger charge is 2.40. The third-order valence-electron chi connectivity index (χ3n) is 4.13. The van der Waals surface area contributed by atoms with Gasteiger partial charge in [0.2, 0.25) is 0 Å². The number of fused-ring (bicyclic) bond motifs is 1. The topological polar surface area (TPSA) is 12.5 Å². The average molecular weight is 231 g/mol. The Labute approximate surface area is 104 Å². The van der Waals surface area contributed by atoms with Crippen LogP contribution < -0.4 is 0 Å². The van der Waals surface area contributed by atoms with Crippen LogP contribution in [0, 0.1) is 0 Å². The molecule has 3 unspecified atom stereocenters. The van der Waals surface area contributed by atoms with Crippen molar-refractivity contribution < 1.29 is 4.74 Å². The summed E-state index contributed by atoms with van der Waals surface area (Å²) in [5, 5.41) is 0. The zero-order chi connectivity index (χ0) is 11.7. The first kappa shape index (κ1) is 11.2. The van der Waals surface area contributed by atoms with Crippen LogP contribution in [0.1, 0.15) is 44.3 Å². The zero-order valence-electron chi connectivity index (χ0n) is 10.5. The Bertz CT molecular complexity index is 364. The highest BCUT2D eigenvalue weighted by molar-refractivity contribution is 5.20. The van der Waals surface area contributed by atoms with E-state index < -0.39 is 0 Å². The summed E-state index contributed by atoms with van der Waals surface area (Å²) in [6.45, 7) is 3.51. The number of nitrogens with zero attached hydrogens (tertiary/aromatic N) is 1. The first-order chi connectivity index (χ1) is 8.36. The molecule has 2 fully saturated rings. The predicted octanol–water partition coefficient (Wildman–Crippen LogP) is 3.35. The summed E-state index contributed by atoms with van der Waals surface area (Å²) in [4.78, 5) is 2.56. The van der Waals surface area contributed by atoms with Gasteiger partial charge in [-0.1, -0.05) is 36.8 Å². The fraction of sp³-hybridized carbons (Fsp3) is 0.600. The molecule has 0 aliphatic carbocycles. The van der Waals surface area contributed by atoms with Crippen LogP contribution in [0.25, 0.3) is 0 Å². The molecule has 2 aliphatic rings. The van der Waals surface area contributed by atoms with E-state index in [-0.39, 0.29) is 6.10 Å². The minimum Gasteiger partial charge on any atom is -0.354 e. The minimum absolute atomic E-state index is 0.263. The van der Waals surface area contributed by atoms with Crippen molar-refractivity contribution in [3.63, 3.8) is 0 Å². The van der Waals surface area contributed by atoms with Gasteiger partial charge < -0.3 is 4.74 Å². The fourth-order valence-electron chi connectivity index (χ4n) is 3.17. The van der Waals surface area contributed by atoms with Crippen LogP contribution in [0.5, 0.6) is 0 Å². The molecule has 0 amide bonds. The van der Waals surface area contributed by atoms with Crippen LogP contribution in [-0.2, 0) is 4.74 Å². The molecule has 2 aliphatic heterocycles. The van der Waals surface area contributed by atoms with Crippen molar-refractivity contribution in [2.45, 2.75) is 51.0 Å². The Morgan fingerprint density at radius 3 is 2.76 bits per heavy atom. The van der Waals surface area contributed by atoms with E-state index in [4.69, 9.17) is 4.74 Å². The van der Waals surface area contributed by atoms with Gasteiger partial charge in [0.1, 0.15) is 6.23 Å². The summed E-state index contributed by atoms with van der Waals surface area (Å²) < 4.78 is 6.27. The molecule has 0 saturated carbocycles. The molecule has 0 aromatic heterocycles. The van der Waals surface area contributed by atoms with E-state index in [0.29, 0.717) is 12.3 Å². The summed E-state index contributed by atoms with van der Waals surface area (Å²) in [5.41, 5.74) is 1.33. The van der Waals surface area contributed by atoms with Crippen LogP contribution >= 0.6 is 0 Å². The fourth-order valence-corrected chi connectivity index (χ4v) is 3.17. The Balaban J connectivity index is 1.81. The van der Waals surface area contributed by atoms with Crippen molar-refractivity contribution in [2.24, 2.45) is 0 Å². The lowest BCUT2D eigenvalue weighted by molar-refractivity contribution is -0.00166. The number of rotatable bonds is 1. The van der Waals surface area contributed by atoms with Crippen molar-refractivity contribution in [3.8, 4) is 0 Å².